The Bertz CT molecular complexity index is 554. The lowest BCUT2D eigenvalue weighted by molar-refractivity contribution is 0.0934. The van der Waals surface area contributed by atoms with Crippen LogP contribution in [0, 0.1) is 0 Å². The van der Waals surface area contributed by atoms with Crippen molar-refractivity contribution in [3.05, 3.63) is 27.9 Å². The topological polar surface area (TPSA) is 54.0 Å². The summed E-state index contributed by atoms with van der Waals surface area (Å²) in [7, 11) is 0. The van der Waals surface area contributed by atoms with Gasteiger partial charge in [0.2, 0.25) is 0 Å². The Morgan fingerprint density at radius 3 is 2.95 bits per heavy atom. The third-order valence-electron chi connectivity index (χ3n) is 3.13. The quantitative estimate of drug-likeness (QED) is 0.877. The van der Waals surface area contributed by atoms with Gasteiger partial charge in [0, 0.05) is 23.5 Å². The van der Waals surface area contributed by atoms with Crippen LogP contribution in [-0.4, -0.2) is 30.0 Å². The standard InChI is InChI=1S/C13H15N3OS2.2ClH/c17-12(16-10-2-1-4-14-6-10)11-7-15-13(19-11)9-3-5-18-8-9;;/h3,5,7-8,10,14H,1-2,4,6H2,(H,16,17);2*1H/t10-;;/m0../s1. The maximum atomic E-state index is 12.1. The molecule has 1 fully saturated rings. The van der Waals surface area contributed by atoms with Crippen molar-refractivity contribution in [2.45, 2.75) is 18.9 Å². The van der Waals surface area contributed by atoms with E-state index in [1.807, 2.05) is 16.8 Å². The van der Waals surface area contributed by atoms with E-state index in [-0.39, 0.29) is 36.8 Å². The van der Waals surface area contributed by atoms with Crippen LogP contribution in [0.5, 0.6) is 0 Å². The van der Waals surface area contributed by atoms with Gasteiger partial charge in [0.25, 0.3) is 5.91 Å². The maximum Gasteiger partial charge on any atom is 0.263 e. The van der Waals surface area contributed by atoms with Crippen molar-refractivity contribution in [2.75, 3.05) is 13.1 Å². The van der Waals surface area contributed by atoms with Gasteiger partial charge >= 0.3 is 0 Å². The number of nitrogens with zero attached hydrogens (tertiary/aromatic N) is 1. The van der Waals surface area contributed by atoms with Gasteiger partial charge in [-0.15, -0.1) is 36.2 Å². The molecule has 2 N–H and O–H groups in total. The molecule has 8 heteroatoms. The second kappa shape index (κ2) is 8.70. The lowest BCUT2D eigenvalue weighted by Crippen LogP contribution is -2.45. The molecule has 4 nitrogen and oxygen atoms in total. The molecule has 1 aliphatic heterocycles. The van der Waals surface area contributed by atoms with Crippen molar-refractivity contribution in [2.24, 2.45) is 0 Å². The lowest BCUT2D eigenvalue weighted by atomic mass is 10.1. The van der Waals surface area contributed by atoms with E-state index in [9.17, 15) is 4.79 Å². The van der Waals surface area contributed by atoms with Crippen LogP contribution >= 0.6 is 47.5 Å². The number of amides is 1. The normalized spacial score (nSPS) is 17.4. The molecule has 3 heterocycles. The summed E-state index contributed by atoms with van der Waals surface area (Å²) in [5.74, 6) is -0.00678. The first-order valence-corrected chi connectivity index (χ1v) is 8.09. The number of carbonyl (C=O) groups is 1. The number of thiazole rings is 1. The van der Waals surface area contributed by atoms with E-state index in [4.69, 9.17) is 0 Å². The van der Waals surface area contributed by atoms with Crippen LogP contribution in [0.2, 0.25) is 0 Å². The fourth-order valence-electron chi connectivity index (χ4n) is 2.13. The Hall–Kier alpha value is -0.660. The Kier molecular flexibility index (Phi) is 7.62. The molecule has 0 bridgehead atoms. The molecule has 1 saturated heterocycles. The third-order valence-corrected chi connectivity index (χ3v) is 4.86. The molecule has 1 atom stereocenters. The number of rotatable bonds is 3. The average Bonchev–Trinajstić information content (AvgIpc) is 3.11. The Morgan fingerprint density at radius 2 is 2.29 bits per heavy atom. The molecule has 1 aliphatic rings. The summed E-state index contributed by atoms with van der Waals surface area (Å²) < 4.78 is 0. The number of nitrogens with one attached hydrogen (secondary N) is 2. The average molecular weight is 366 g/mol. The monoisotopic (exact) mass is 365 g/mol. The summed E-state index contributed by atoms with van der Waals surface area (Å²) in [5.41, 5.74) is 1.09. The second-order valence-corrected chi connectivity index (χ2v) is 6.37. The molecular weight excluding hydrogens is 349 g/mol. The molecule has 0 unspecified atom stereocenters. The summed E-state index contributed by atoms with van der Waals surface area (Å²) in [5, 5.41) is 11.3. The van der Waals surface area contributed by atoms with Crippen molar-refractivity contribution in [1.82, 2.24) is 15.6 Å². The van der Waals surface area contributed by atoms with Crippen LogP contribution in [0.4, 0.5) is 0 Å². The Balaban J connectivity index is 0.00000110. The second-order valence-electron chi connectivity index (χ2n) is 4.56. The molecule has 0 radical (unpaired) electrons. The van der Waals surface area contributed by atoms with Gasteiger partial charge in [-0.05, 0) is 30.8 Å². The minimum Gasteiger partial charge on any atom is -0.347 e. The maximum absolute atomic E-state index is 12.1. The molecule has 0 saturated carbocycles. The number of hydrogen-bond donors (Lipinski definition) is 2. The minimum atomic E-state index is -0.00678. The van der Waals surface area contributed by atoms with Gasteiger partial charge in [-0.1, -0.05) is 0 Å². The highest BCUT2D eigenvalue weighted by molar-refractivity contribution is 7.17. The molecule has 21 heavy (non-hydrogen) atoms. The van der Waals surface area contributed by atoms with E-state index in [2.05, 4.69) is 15.6 Å². The largest absolute Gasteiger partial charge is 0.347 e. The summed E-state index contributed by atoms with van der Waals surface area (Å²) in [6.07, 6.45) is 3.84. The molecule has 3 rings (SSSR count). The highest BCUT2D eigenvalue weighted by Crippen LogP contribution is 2.26. The molecule has 2 aromatic heterocycles. The van der Waals surface area contributed by atoms with E-state index in [0.717, 1.165) is 36.5 Å². The summed E-state index contributed by atoms with van der Waals surface area (Å²) in [6.45, 7) is 1.91. The van der Waals surface area contributed by atoms with E-state index in [1.165, 1.54) is 11.3 Å². The zero-order valence-electron chi connectivity index (χ0n) is 11.2. The van der Waals surface area contributed by atoms with Gasteiger partial charge < -0.3 is 10.6 Å². The third kappa shape index (κ3) is 4.66. The van der Waals surface area contributed by atoms with Crippen molar-refractivity contribution in [1.29, 1.82) is 0 Å². The number of piperidine rings is 1. The van der Waals surface area contributed by atoms with Gasteiger partial charge in [0.1, 0.15) is 9.88 Å². The zero-order valence-corrected chi connectivity index (χ0v) is 14.5. The predicted molar refractivity (Wildman–Crippen MR) is 93.3 cm³/mol. The zero-order chi connectivity index (χ0) is 13.1. The van der Waals surface area contributed by atoms with Gasteiger partial charge in [-0.25, -0.2) is 4.98 Å². The van der Waals surface area contributed by atoms with Crippen LogP contribution in [0.3, 0.4) is 0 Å². The highest BCUT2D eigenvalue weighted by Gasteiger charge is 2.18. The van der Waals surface area contributed by atoms with Crippen LogP contribution in [0.25, 0.3) is 10.6 Å². The van der Waals surface area contributed by atoms with E-state index in [0.29, 0.717) is 4.88 Å². The van der Waals surface area contributed by atoms with Gasteiger partial charge in [-0.2, -0.15) is 11.3 Å². The summed E-state index contributed by atoms with van der Waals surface area (Å²) >= 11 is 3.09. The first-order valence-electron chi connectivity index (χ1n) is 6.33. The summed E-state index contributed by atoms with van der Waals surface area (Å²) in [4.78, 5) is 17.1. The Morgan fingerprint density at radius 1 is 1.43 bits per heavy atom. The molecule has 0 aromatic carbocycles. The van der Waals surface area contributed by atoms with E-state index in [1.54, 1.807) is 17.5 Å². The van der Waals surface area contributed by atoms with Gasteiger partial charge in [0.15, 0.2) is 0 Å². The molecule has 116 valence electrons. The first-order chi connectivity index (χ1) is 9.33. The summed E-state index contributed by atoms with van der Waals surface area (Å²) in [6, 6.07) is 2.27. The molecule has 0 aliphatic carbocycles. The fraction of sp³-hybridized carbons (Fsp3) is 0.385. The smallest absolute Gasteiger partial charge is 0.263 e. The lowest BCUT2D eigenvalue weighted by Gasteiger charge is -2.23. The number of hydrogen-bond acceptors (Lipinski definition) is 5. The number of thiophene rings is 1. The first kappa shape index (κ1) is 18.4. The van der Waals surface area contributed by atoms with Crippen LogP contribution in [0.15, 0.2) is 23.0 Å². The molecule has 1 amide bonds. The van der Waals surface area contributed by atoms with E-state index >= 15 is 0 Å². The SMILES string of the molecule is Cl.Cl.O=C(N[C@H]1CCCNC1)c1cnc(-c2ccsc2)s1. The fourth-order valence-corrected chi connectivity index (χ4v) is 3.66. The van der Waals surface area contributed by atoms with Gasteiger partial charge in [-0.3, -0.25) is 4.79 Å². The van der Waals surface area contributed by atoms with Crippen LogP contribution in [-0.2, 0) is 0 Å². The van der Waals surface area contributed by atoms with Crippen molar-refractivity contribution in [3.63, 3.8) is 0 Å². The molecular formula is C13H17Cl2N3OS2. The minimum absolute atomic E-state index is 0. The Labute approximate surface area is 144 Å². The predicted octanol–water partition coefficient (Wildman–Crippen LogP) is 3.20. The van der Waals surface area contributed by atoms with E-state index < -0.39 is 0 Å². The number of halogens is 2. The van der Waals surface area contributed by atoms with Crippen molar-refractivity contribution < 1.29 is 4.79 Å². The molecule has 0 spiro atoms. The van der Waals surface area contributed by atoms with Crippen molar-refractivity contribution in [3.8, 4) is 10.6 Å². The number of carbonyl (C=O) groups excluding carboxylic acids is 1. The molecule has 2 aromatic rings. The van der Waals surface area contributed by atoms with Crippen LogP contribution in [0.1, 0.15) is 22.5 Å². The highest BCUT2D eigenvalue weighted by atomic mass is 35.5. The van der Waals surface area contributed by atoms with Crippen LogP contribution < -0.4 is 10.6 Å². The van der Waals surface area contributed by atoms with Crippen molar-refractivity contribution >= 4 is 53.4 Å². The van der Waals surface area contributed by atoms with Gasteiger partial charge in [0.05, 0.1) is 6.20 Å². The number of aromatic nitrogens is 1.